The Labute approximate surface area is 167 Å². The molecule has 1 aromatic carbocycles. The Morgan fingerprint density at radius 3 is 2.64 bits per heavy atom. The van der Waals surface area contributed by atoms with E-state index < -0.39 is 20.7 Å². The number of rotatable bonds is 4. The van der Waals surface area contributed by atoms with Crippen LogP contribution in [-0.2, 0) is 27.6 Å². The molecule has 2 aliphatic rings. The zero-order valence-electron chi connectivity index (χ0n) is 15.2. The Balaban J connectivity index is 1.56. The number of carbonyl (C=O) groups excluding carboxylic acids is 1. The van der Waals surface area contributed by atoms with Gasteiger partial charge < -0.3 is 10.1 Å². The number of anilines is 1. The van der Waals surface area contributed by atoms with Crippen molar-refractivity contribution in [2.75, 3.05) is 31.6 Å². The van der Waals surface area contributed by atoms with Gasteiger partial charge in [-0.15, -0.1) is 11.3 Å². The van der Waals surface area contributed by atoms with Gasteiger partial charge in [0.05, 0.1) is 18.1 Å². The van der Waals surface area contributed by atoms with E-state index in [1.54, 1.807) is 0 Å². The van der Waals surface area contributed by atoms with Crippen LogP contribution in [0, 0.1) is 5.82 Å². The molecular formula is C19H21FN2O4S2. The van der Waals surface area contributed by atoms with Gasteiger partial charge in [-0.3, -0.25) is 4.79 Å². The Hall–Kier alpha value is -1.81. The molecule has 6 nitrogen and oxygen atoms in total. The third kappa shape index (κ3) is 3.84. The molecule has 0 radical (unpaired) electrons. The molecule has 1 N–H and O–H groups in total. The summed E-state index contributed by atoms with van der Waals surface area (Å²) in [6.07, 6.45) is 4.24. The zero-order chi connectivity index (χ0) is 19.7. The summed E-state index contributed by atoms with van der Waals surface area (Å²) in [5.41, 5.74) is 1.47. The second-order valence-corrected chi connectivity index (χ2v) is 9.93. The molecule has 150 valence electrons. The minimum absolute atomic E-state index is 0.180. The number of aryl methyl sites for hydroxylation is 2. The van der Waals surface area contributed by atoms with Gasteiger partial charge in [-0.1, -0.05) is 0 Å². The molecule has 0 unspecified atom stereocenters. The fourth-order valence-electron chi connectivity index (χ4n) is 3.50. The number of sulfonamides is 1. The molecule has 4 rings (SSSR count). The van der Waals surface area contributed by atoms with Crippen molar-refractivity contribution in [1.29, 1.82) is 0 Å². The van der Waals surface area contributed by atoms with Crippen molar-refractivity contribution >= 4 is 33.0 Å². The average Bonchev–Trinajstić information content (AvgIpc) is 3.14. The lowest BCUT2D eigenvalue weighted by Gasteiger charge is -2.26. The van der Waals surface area contributed by atoms with Crippen LogP contribution in [0.3, 0.4) is 0 Å². The molecule has 9 heteroatoms. The zero-order valence-corrected chi connectivity index (χ0v) is 16.9. The number of ether oxygens (including phenoxy) is 1. The number of hydrogen-bond acceptors (Lipinski definition) is 5. The summed E-state index contributed by atoms with van der Waals surface area (Å²) in [4.78, 5) is 14.0. The molecule has 0 atom stereocenters. The lowest BCUT2D eigenvalue weighted by atomic mass is 9.99. The molecule has 28 heavy (non-hydrogen) atoms. The quantitative estimate of drug-likeness (QED) is 0.819. The maximum absolute atomic E-state index is 14.3. The molecule has 1 fully saturated rings. The van der Waals surface area contributed by atoms with Crippen molar-refractivity contribution in [2.24, 2.45) is 0 Å². The van der Waals surface area contributed by atoms with Gasteiger partial charge in [0.15, 0.2) is 0 Å². The second kappa shape index (κ2) is 7.90. The third-order valence-corrected chi connectivity index (χ3v) is 8.15. The monoisotopic (exact) mass is 424 g/mol. The van der Waals surface area contributed by atoms with Crippen LogP contribution in [0.15, 0.2) is 29.2 Å². The number of thiophene rings is 1. The first-order valence-corrected chi connectivity index (χ1v) is 11.5. The van der Waals surface area contributed by atoms with Crippen molar-refractivity contribution < 1.29 is 22.3 Å². The van der Waals surface area contributed by atoms with E-state index in [0.29, 0.717) is 4.88 Å². The molecule has 2 heterocycles. The first-order valence-electron chi connectivity index (χ1n) is 9.25. The molecule has 1 aliphatic heterocycles. The van der Waals surface area contributed by atoms with E-state index >= 15 is 0 Å². The van der Waals surface area contributed by atoms with Crippen LogP contribution in [-0.4, -0.2) is 44.9 Å². The highest BCUT2D eigenvalue weighted by molar-refractivity contribution is 7.89. The summed E-state index contributed by atoms with van der Waals surface area (Å²) in [5, 5.41) is 2.71. The van der Waals surface area contributed by atoms with Gasteiger partial charge in [0.1, 0.15) is 10.7 Å². The van der Waals surface area contributed by atoms with Gasteiger partial charge in [0.25, 0.3) is 5.91 Å². The van der Waals surface area contributed by atoms with Gasteiger partial charge in [0.2, 0.25) is 10.0 Å². The Kier molecular flexibility index (Phi) is 5.50. The lowest BCUT2D eigenvalue weighted by molar-refractivity contribution is 0.0729. The van der Waals surface area contributed by atoms with Crippen molar-refractivity contribution in [2.45, 2.75) is 30.6 Å². The molecule has 1 saturated heterocycles. The van der Waals surface area contributed by atoms with Crippen LogP contribution >= 0.6 is 11.3 Å². The van der Waals surface area contributed by atoms with Crippen LogP contribution in [0.2, 0.25) is 0 Å². The topological polar surface area (TPSA) is 75.7 Å². The number of benzene rings is 1. The largest absolute Gasteiger partial charge is 0.379 e. The molecule has 0 bridgehead atoms. The molecule has 1 amide bonds. The molecule has 0 spiro atoms. The number of fused-ring (bicyclic) bond motifs is 1. The normalized spacial score (nSPS) is 17.9. The molecule has 2 aromatic rings. The number of nitrogens with zero attached hydrogens (tertiary/aromatic N) is 1. The van der Waals surface area contributed by atoms with Gasteiger partial charge in [0, 0.05) is 23.7 Å². The Morgan fingerprint density at radius 2 is 1.89 bits per heavy atom. The fraction of sp³-hybridized carbons (Fsp3) is 0.421. The van der Waals surface area contributed by atoms with Crippen LogP contribution in [0.1, 0.15) is 33.0 Å². The summed E-state index contributed by atoms with van der Waals surface area (Å²) >= 11 is 1.47. The molecule has 0 saturated carbocycles. The lowest BCUT2D eigenvalue weighted by Crippen LogP contribution is -2.40. The summed E-state index contributed by atoms with van der Waals surface area (Å²) in [6.45, 7) is 0.916. The highest BCUT2D eigenvalue weighted by Crippen LogP contribution is 2.30. The van der Waals surface area contributed by atoms with Crippen molar-refractivity contribution in [3.63, 3.8) is 0 Å². The number of amides is 1. The van der Waals surface area contributed by atoms with Gasteiger partial charge in [-0.2, -0.15) is 4.31 Å². The van der Waals surface area contributed by atoms with Gasteiger partial charge in [-0.05, 0) is 55.5 Å². The number of nitrogens with one attached hydrogen (secondary N) is 1. The third-order valence-electron chi connectivity index (χ3n) is 5.00. The van der Waals surface area contributed by atoms with Gasteiger partial charge in [-0.25, -0.2) is 12.8 Å². The minimum Gasteiger partial charge on any atom is -0.379 e. The minimum atomic E-state index is -3.99. The van der Waals surface area contributed by atoms with E-state index in [0.717, 1.165) is 31.7 Å². The highest BCUT2D eigenvalue weighted by atomic mass is 32.2. The van der Waals surface area contributed by atoms with E-state index in [2.05, 4.69) is 5.32 Å². The maximum atomic E-state index is 14.3. The summed E-state index contributed by atoms with van der Waals surface area (Å²) in [5.74, 6) is -1.14. The average molecular weight is 425 g/mol. The number of morpholine rings is 1. The number of hydrogen-bond donors (Lipinski definition) is 1. The smallest absolute Gasteiger partial charge is 0.265 e. The van der Waals surface area contributed by atoms with Crippen molar-refractivity contribution in [1.82, 2.24) is 4.31 Å². The summed E-state index contributed by atoms with van der Waals surface area (Å²) < 4.78 is 46.2. The molecule has 1 aromatic heterocycles. The first kappa shape index (κ1) is 19.5. The van der Waals surface area contributed by atoms with Crippen LogP contribution in [0.5, 0.6) is 0 Å². The summed E-state index contributed by atoms with van der Waals surface area (Å²) in [7, 11) is -3.99. The van der Waals surface area contributed by atoms with Crippen LogP contribution in [0.4, 0.5) is 10.1 Å². The number of halogens is 1. The predicted molar refractivity (Wildman–Crippen MR) is 105 cm³/mol. The maximum Gasteiger partial charge on any atom is 0.265 e. The Morgan fingerprint density at radius 1 is 1.14 bits per heavy atom. The first-order chi connectivity index (χ1) is 13.4. The highest BCUT2D eigenvalue weighted by Gasteiger charge is 2.29. The van der Waals surface area contributed by atoms with Crippen molar-refractivity contribution in [3.8, 4) is 0 Å². The van der Waals surface area contributed by atoms with E-state index in [1.807, 2.05) is 6.07 Å². The van der Waals surface area contributed by atoms with E-state index in [4.69, 9.17) is 4.74 Å². The fourth-order valence-corrected chi connectivity index (χ4v) is 6.15. The van der Waals surface area contributed by atoms with E-state index in [9.17, 15) is 17.6 Å². The summed E-state index contributed by atoms with van der Waals surface area (Å²) in [6, 6.07) is 5.54. The standard InChI is InChI=1S/C19H21FN2O4S2/c20-15-6-5-14(12-18(15)28(24,25)22-7-9-26-10-8-22)21-19(23)17-11-13-3-1-2-4-16(13)27-17/h5-6,11-12H,1-4,7-10H2,(H,21,23). The SMILES string of the molecule is O=C(Nc1ccc(F)c(S(=O)(=O)N2CCOCC2)c1)c1cc2c(s1)CCCC2. The molecular weight excluding hydrogens is 403 g/mol. The second-order valence-electron chi connectivity index (χ2n) is 6.88. The van der Waals surface area contributed by atoms with Crippen LogP contribution in [0.25, 0.3) is 0 Å². The van der Waals surface area contributed by atoms with Gasteiger partial charge >= 0.3 is 0 Å². The van der Waals surface area contributed by atoms with E-state index in [-0.39, 0.29) is 37.9 Å². The number of carbonyl (C=O) groups is 1. The van der Waals surface area contributed by atoms with Crippen molar-refractivity contribution in [3.05, 3.63) is 45.4 Å². The van der Waals surface area contributed by atoms with Crippen LogP contribution < -0.4 is 5.32 Å². The predicted octanol–water partition coefficient (Wildman–Crippen LogP) is 3.04. The Bertz CT molecular complexity index is 974. The van der Waals surface area contributed by atoms with E-state index in [1.165, 1.54) is 38.2 Å². The molecule has 1 aliphatic carbocycles.